The number of carbonyl (C=O) groups is 1. The van der Waals surface area contributed by atoms with Gasteiger partial charge in [-0.25, -0.2) is 0 Å². The number of hydrogen-bond acceptors (Lipinski definition) is 5. The SMILES string of the molecule is NNc1cnccc1C(=O)NCCCN1CCCC1. The molecule has 1 aliphatic heterocycles. The molecule has 6 heteroatoms. The first-order valence-corrected chi connectivity index (χ1v) is 6.72. The number of pyridine rings is 1. The predicted molar refractivity (Wildman–Crippen MR) is 74.7 cm³/mol. The van der Waals surface area contributed by atoms with Crippen molar-refractivity contribution in [1.29, 1.82) is 0 Å². The molecule has 0 radical (unpaired) electrons. The van der Waals surface area contributed by atoms with Crippen LogP contribution in [0.2, 0.25) is 0 Å². The number of aromatic nitrogens is 1. The fourth-order valence-electron chi connectivity index (χ4n) is 2.31. The number of nitrogens with two attached hydrogens (primary N) is 1. The molecule has 4 N–H and O–H groups in total. The lowest BCUT2D eigenvalue weighted by molar-refractivity contribution is 0.0952. The van der Waals surface area contributed by atoms with Crippen LogP contribution in [-0.4, -0.2) is 42.0 Å². The third-order valence-electron chi connectivity index (χ3n) is 3.36. The molecule has 1 saturated heterocycles. The summed E-state index contributed by atoms with van der Waals surface area (Å²) in [6.07, 6.45) is 6.70. The van der Waals surface area contributed by atoms with Crippen molar-refractivity contribution in [3.05, 3.63) is 24.0 Å². The lowest BCUT2D eigenvalue weighted by Crippen LogP contribution is -2.29. The van der Waals surface area contributed by atoms with E-state index in [1.807, 2.05) is 0 Å². The molecule has 0 unspecified atom stereocenters. The summed E-state index contributed by atoms with van der Waals surface area (Å²) in [6, 6.07) is 1.66. The van der Waals surface area contributed by atoms with E-state index in [9.17, 15) is 4.79 Å². The molecule has 0 atom stereocenters. The van der Waals surface area contributed by atoms with Gasteiger partial charge in [-0.2, -0.15) is 0 Å². The molecule has 0 aliphatic carbocycles. The van der Waals surface area contributed by atoms with E-state index < -0.39 is 0 Å². The van der Waals surface area contributed by atoms with E-state index in [0.29, 0.717) is 17.8 Å². The fourth-order valence-corrected chi connectivity index (χ4v) is 2.31. The Morgan fingerprint density at radius 3 is 2.95 bits per heavy atom. The Kier molecular flexibility index (Phi) is 5.11. The highest BCUT2D eigenvalue weighted by molar-refractivity contribution is 5.99. The van der Waals surface area contributed by atoms with Gasteiger partial charge in [0.05, 0.1) is 17.4 Å². The van der Waals surface area contributed by atoms with Crippen molar-refractivity contribution >= 4 is 11.6 Å². The zero-order valence-corrected chi connectivity index (χ0v) is 11.1. The fraction of sp³-hybridized carbons (Fsp3) is 0.538. The van der Waals surface area contributed by atoms with Crippen LogP contribution < -0.4 is 16.6 Å². The van der Waals surface area contributed by atoms with Gasteiger partial charge in [-0.3, -0.25) is 15.6 Å². The summed E-state index contributed by atoms with van der Waals surface area (Å²) in [5.41, 5.74) is 3.55. The van der Waals surface area contributed by atoms with Gasteiger partial charge in [0.2, 0.25) is 0 Å². The zero-order valence-electron chi connectivity index (χ0n) is 11.1. The van der Waals surface area contributed by atoms with Crippen LogP contribution >= 0.6 is 0 Å². The third kappa shape index (κ3) is 3.90. The monoisotopic (exact) mass is 263 g/mol. The largest absolute Gasteiger partial charge is 0.352 e. The number of amides is 1. The average Bonchev–Trinajstić information content (AvgIpc) is 2.96. The molecule has 0 spiro atoms. The van der Waals surface area contributed by atoms with Gasteiger partial charge in [0.1, 0.15) is 0 Å². The zero-order chi connectivity index (χ0) is 13.5. The molecule has 2 heterocycles. The summed E-state index contributed by atoms with van der Waals surface area (Å²) in [6.45, 7) is 4.12. The van der Waals surface area contributed by atoms with Crippen LogP contribution in [0, 0.1) is 0 Å². The Morgan fingerprint density at radius 1 is 1.42 bits per heavy atom. The van der Waals surface area contributed by atoms with Crippen LogP contribution in [0.25, 0.3) is 0 Å². The van der Waals surface area contributed by atoms with Crippen molar-refractivity contribution in [1.82, 2.24) is 15.2 Å². The van der Waals surface area contributed by atoms with Crippen LogP contribution in [0.4, 0.5) is 5.69 Å². The number of anilines is 1. The Labute approximate surface area is 113 Å². The molecule has 1 aromatic heterocycles. The van der Waals surface area contributed by atoms with Gasteiger partial charge < -0.3 is 15.6 Å². The molecule has 6 nitrogen and oxygen atoms in total. The summed E-state index contributed by atoms with van der Waals surface area (Å²) >= 11 is 0. The number of hydrogen-bond donors (Lipinski definition) is 3. The van der Waals surface area contributed by atoms with Crippen molar-refractivity contribution in [3.8, 4) is 0 Å². The normalized spacial score (nSPS) is 15.4. The summed E-state index contributed by atoms with van der Waals surface area (Å²) in [7, 11) is 0. The molecular formula is C13H21N5O. The van der Waals surface area contributed by atoms with Gasteiger partial charge in [-0.05, 0) is 45.0 Å². The Balaban J connectivity index is 1.74. The summed E-state index contributed by atoms with van der Waals surface area (Å²) in [5.74, 6) is 5.24. The molecule has 0 saturated carbocycles. The number of nitrogens with one attached hydrogen (secondary N) is 2. The lowest BCUT2D eigenvalue weighted by Gasteiger charge is -2.14. The first-order valence-electron chi connectivity index (χ1n) is 6.72. The molecular weight excluding hydrogens is 242 g/mol. The molecule has 0 bridgehead atoms. The quantitative estimate of drug-likeness (QED) is 0.397. The van der Waals surface area contributed by atoms with Gasteiger partial charge in [0, 0.05) is 12.7 Å². The minimum Gasteiger partial charge on any atom is -0.352 e. The smallest absolute Gasteiger partial charge is 0.253 e. The first-order chi connectivity index (χ1) is 9.31. The molecule has 1 aliphatic rings. The van der Waals surface area contributed by atoms with E-state index >= 15 is 0 Å². The van der Waals surface area contributed by atoms with Gasteiger partial charge in [-0.15, -0.1) is 0 Å². The standard InChI is InChI=1S/C13H21N5O/c14-17-12-10-15-6-4-11(12)13(19)16-5-3-9-18-7-1-2-8-18/h4,6,10,17H,1-3,5,7-9,14H2,(H,16,19). The molecule has 1 aromatic rings. The second-order valence-corrected chi connectivity index (χ2v) is 4.72. The third-order valence-corrected chi connectivity index (χ3v) is 3.36. The van der Waals surface area contributed by atoms with Crippen molar-refractivity contribution in [3.63, 3.8) is 0 Å². The lowest BCUT2D eigenvalue weighted by atomic mass is 10.2. The number of likely N-dealkylation sites (tertiary alicyclic amines) is 1. The summed E-state index contributed by atoms with van der Waals surface area (Å²) in [5, 5.41) is 2.91. The number of nitrogens with zero attached hydrogens (tertiary/aromatic N) is 2. The Morgan fingerprint density at radius 2 is 2.21 bits per heavy atom. The molecule has 0 aromatic carbocycles. The van der Waals surface area contributed by atoms with Crippen LogP contribution in [0.1, 0.15) is 29.6 Å². The highest BCUT2D eigenvalue weighted by atomic mass is 16.1. The second kappa shape index (κ2) is 7.06. The number of rotatable bonds is 6. The van der Waals surface area contributed by atoms with E-state index in [-0.39, 0.29) is 5.91 Å². The van der Waals surface area contributed by atoms with Gasteiger partial charge >= 0.3 is 0 Å². The number of carbonyl (C=O) groups excluding carboxylic acids is 1. The van der Waals surface area contributed by atoms with Gasteiger partial charge in [0.25, 0.3) is 5.91 Å². The maximum atomic E-state index is 12.0. The van der Waals surface area contributed by atoms with Crippen molar-refractivity contribution in [2.24, 2.45) is 5.84 Å². The highest BCUT2D eigenvalue weighted by Gasteiger charge is 2.12. The average molecular weight is 263 g/mol. The molecule has 19 heavy (non-hydrogen) atoms. The minimum absolute atomic E-state index is 0.114. The number of nitrogen functional groups attached to an aromatic ring is 1. The summed E-state index contributed by atoms with van der Waals surface area (Å²) < 4.78 is 0. The topological polar surface area (TPSA) is 83.3 Å². The minimum atomic E-state index is -0.114. The maximum absolute atomic E-state index is 12.0. The molecule has 2 rings (SSSR count). The van der Waals surface area contributed by atoms with E-state index in [1.54, 1.807) is 18.5 Å². The van der Waals surface area contributed by atoms with E-state index in [4.69, 9.17) is 5.84 Å². The van der Waals surface area contributed by atoms with Crippen LogP contribution in [0.3, 0.4) is 0 Å². The maximum Gasteiger partial charge on any atom is 0.253 e. The Hall–Kier alpha value is -1.66. The molecule has 104 valence electrons. The molecule has 1 fully saturated rings. The first kappa shape index (κ1) is 13.8. The van der Waals surface area contributed by atoms with Gasteiger partial charge in [-0.1, -0.05) is 0 Å². The predicted octanol–water partition coefficient (Wildman–Crippen LogP) is 0.583. The molecule has 1 amide bonds. The van der Waals surface area contributed by atoms with E-state index in [0.717, 1.165) is 13.0 Å². The Bertz CT molecular complexity index is 417. The second-order valence-electron chi connectivity index (χ2n) is 4.72. The van der Waals surface area contributed by atoms with Crippen LogP contribution in [0.15, 0.2) is 18.5 Å². The van der Waals surface area contributed by atoms with Crippen LogP contribution in [0.5, 0.6) is 0 Å². The van der Waals surface area contributed by atoms with E-state index in [2.05, 4.69) is 20.6 Å². The number of hydrazine groups is 1. The van der Waals surface area contributed by atoms with Crippen molar-refractivity contribution in [2.45, 2.75) is 19.3 Å². The van der Waals surface area contributed by atoms with Crippen molar-refractivity contribution < 1.29 is 4.79 Å². The summed E-state index contributed by atoms with van der Waals surface area (Å²) in [4.78, 5) is 18.3. The van der Waals surface area contributed by atoms with Crippen molar-refractivity contribution in [2.75, 3.05) is 31.6 Å². The van der Waals surface area contributed by atoms with Crippen LogP contribution in [-0.2, 0) is 0 Å². The highest BCUT2D eigenvalue weighted by Crippen LogP contribution is 2.11. The van der Waals surface area contributed by atoms with E-state index in [1.165, 1.54) is 25.9 Å². The van der Waals surface area contributed by atoms with Gasteiger partial charge in [0.15, 0.2) is 0 Å².